The van der Waals surface area contributed by atoms with E-state index in [0.29, 0.717) is 6.04 Å². The molecule has 0 aromatic heterocycles. The van der Waals surface area contributed by atoms with Crippen LogP contribution in [0.1, 0.15) is 19.8 Å². The molecule has 0 aliphatic carbocycles. The Hall–Kier alpha value is -0.110. The van der Waals surface area contributed by atoms with Crippen LogP contribution >= 0.6 is 12.2 Å². The Morgan fingerprint density at radius 2 is 2.38 bits per heavy atom. The summed E-state index contributed by atoms with van der Waals surface area (Å²) in [7, 11) is 2.07. The van der Waals surface area contributed by atoms with Crippen LogP contribution in [-0.4, -0.2) is 23.0 Å². The van der Waals surface area contributed by atoms with Crippen molar-refractivity contribution in [3.63, 3.8) is 0 Å². The molecule has 1 rings (SSSR count). The average molecular weight is 129 g/mol. The van der Waals surface area contributed by atoms with Gasteiger partial charge in [-0.3, -0.25) is 0 Å². The Bertz CT molecular complexity index is 111. The molecule has 8 heavy (non-hydrogen) atoms. The summed E-state index contributed by atoms with van der Waals surface area (Å²) in [5.41, 5.74) is 0. The Labute approximate surface area is 55.7 Å². The van der Waals surface area contributed by atoms with E-state index in [0.717, 1.165) is 11.4 Å². The third-order valence-electron chi connectivity index (χ3n) is 1.83. The minimum atomic E-state index is 0.683. The second-order valence-corrected chi connectivity index (χ2v) is 2.86. The van der Waals surface area contributed by atoms with Crippen molar-refractivity contribution in [2.75, 3.05) is 7.05 Å². The van der Waals surface area contributed by atoms with Crippen molar-refractivity contribution < 1.29 is 0 Å². The van der Waals surface area contributed by atoms with Crippen molar-refractivity contribution in [1.29, 1.82) is 0 Å². The molecular weight excluding hydrogens is 118 g/mol. The van der Waals surface area contributed by atoms with E-state index in [9.17, 15) is 0 Å². The van der Waals surface area contributed by atoms with Crippen molar-refractivity contribution in [1.82, 2.24) is 4.90 Å². The second-order valence-electron chi connectivity index (χ2n) is 2.39. The summed E-state index contributed by atoms with van der Waals surface area (Å²) in [4.78, 5) is 3.30. The van der Waals surface area contributed by atoms with Crippen LogP contribution in [0.5, 0.6) is 0 Å². The van der Waals surface area contributed by atoms with Gasteiger partial charge in [0, 0.05) is 13.1 Å². The summed E-state index contributed by atoms with van der Waals surface area (Å²) in [6, 6.07) is 0.683. The van der Waals surface area contributed by atoms with E-state index in [1.807, 2.05) is 0 Å². The van der Waals surface area contributed by atoms with Gasteiger partial charge < -0.3 is 4.90 Å². The highest BCUT2D eigenvalue weighted by molar-refractivity contribution is 7.80. The molecule has 0 bridgehead atoms. The highest BCUT2D eigenvalue weighted by atomic mass is 32.1. The first-order chi connectivity index (χ1) is 3.72. The van der Waals surface area contributed by atoms with E-state index >= 15 is 0 Å². The molecule has 1 unspecified atom stereocenters. The van der Waals surface area contributed by atoms with Gasteiger partial charge in [-0.1, -0.05) is 12.2 Å². The van der Waals surface area contributed by atoms with Crippen molar-refractivity contribution in [3.05, 3.63) is 0 Å². The number of hydrogen-bond acceptors (Lipinski definition) is 1. The number of likely N-dealkylation sites (tertiary alicyclic amines) is 1. The van der Waals surface area contributed by atoms with Crippen LogP contribution in [0.15, 0.2) is 0 Å². The van der Waals surface area contributed by atoms with Gasteiger partial charge >= 0.3 is 0 Å². The van der Waals surface area contributed by atoms with E-state index in [-0.39, 0.29) is 0 Å². The van der Waals surface area contributed by atoms with Gasteiger partial charge in [-0.25, -0.2) is 0 Å². The molecule has 0 N–H and O–H groups in total. The zero-order valence-corrected chi connectivity index (χ0v) is 6.16. The number of nitrogens with zero attached hydrogens (tertiary/aromatic N) is 1. The lowest BCUT2D eigenvalue weighted by molar-refractivity contribution is 0.427. The van der Waals surface area contributed by atoms with E-state index in [2.05, 4.69) is 18.9 Å². The Balaban J connectivity index is 2.56. The van der Waals surface area contributed by atoms with Crippen molar-refractivity contribution >= 4 is 17.2 Å². The number of rotatable bonds is 0. The topological polar surface area (TPSA) is 3.24 Å². The third-order valence-corrected chi connectivity index (χ3v) is 2.32. The molecule has 1 aliphatic heterocycles. The van der Waals surface area contributed by atoms with Crippen molar-refractivity contribution in [2.24, 2.45) is 0 Å². The van der Waals surface area contributed by atoms with Crippen molar-refractivity contribution in [2.45, 2.75) is 25.8 Å². The van der Waals surface area contributed by atoms with Gasteiger partial charge in [0.05, 0.1) is 4.99 Å². The fraction of sp³-hybridized carbons (Fsp3) is 0.833. The molecule has 0 saturated carbocycles. The average Bonchev–Trinajstić information content (AvgIpc) is 1.98. The SMILES string of the molecule is CC1CCC(=S)N1C. The molecule has 0 amide bonds. The third kappa shape index (κ3) is 0.848. The zero-order valence-electron chi connectivity index (χ0n) is 5.35. The van der Waals surface area contributed by atoms with Crippen LogP contribution in [0.25, 0.3) is 0 Å². The van der Waals surface area contributed by atoms with Crippen LogP contribution in [0.2, 0.25) is 0 Å². The minimum Gasteiger partial charge on any atom is -0.367 e. The van der Waals surface area contributed by atoms with Gasteiger partial charge in [0.25, 0.3) is 0 Å². The normalized spacial score (nSPS) is 29.5. The predicted octanol–water partition coefficient (Wildman–Crippen LogP) is 1.43. The molecule has 1 nitrogen and oxygen atoms in total. The smallest absolute Gasteiger partial charge is 0.0779 e. The molecule has 0 spiro atoms. The summed E-state index contributed by atoms with van der Waals surface area (Å²) in [6.07, 6.45) is 2.36. The van der Waals surface area contributed by atoms with E-state index in [1.165, 1.54) is 6.42 Å². The maximum Gasteiger partial charge on any atom is 0.0779 e. The molecule has 0 radical (unpaired) electrons. The fourth-order valence-electron chi connectivity index (χ4n) is 0.948. The lowest BCUT2D eigenvalue weighted by atomic mass is 10.2. The minimum absolute atomic E-state index is 0.683. The Morgan fingerprint density at radius 1 is 1.75 bits per heavy atom. The molecule has 0 aromatic carbocycles. The van der Waals surface area contributed by atoms with E-state index < -0.39 is 0 Å². The Morgan fingerprint density at radius 3 is 2.50 bits per heavy atom. The molecule has 0 aromatic rings. The quantitative estimate of drug-likeness (QED) is 0.455. The first-order valence-corrected chi connectivity index (χ1v) is 3.38. The van der Waals surface area contributed by atoms with Gasteiger partial charge in [0.2, 0.25) is 0 Å². The summed E-state index contributed by atoms with van der Waals surface area (Å²) >= 11 is 5.04. The summed E-state index contributed by atoms with van der Waals surface area (Å²) < 4.78 is 0. The highest BCUT2D eigenvalue weighted by Crippen LogP contribution is 2.16. The predicted molar refractivity (Wildman–Crippen MR) is 39.1 cm³/mol. The first-order valence-electron chi connectivity index (χ1n) is 2.97. The molecular formula is C6H11NS. The van der Waals surface area contributed by atoms with Crippen molar-refractivity contribution in [3.8, 4) is 0 Å². The standard InChI is InChI=1S/C6H11NS/c1-5-3-4-6(8)7(5)2/h5H,3-4H2,1-2H3. The lowest BCUT2D eigenvalue weighted by Crippen LogP contribution is -2.24. The summed E-state index contributed by atoms with van der Waals surface area (Å²) in [6.45, 7) is 2.21. The van der Waals surface area contributed by atoms with Gasteiger partial charge in [-0.15, -0.1) is 0 Å². The van der Waals surface area contributed by atoms with Gasteiger partial charge in [-0.05, 0) is 19.8 Å². The van der Waals surface area contributed by atoms with E-state index in [4.69, 9.17) is 12.2 Å². The van der Waals surface area contributed by atoms with Gasteiger partial charge in [0.15, 0.2) is 0 Å². The lowest BCUT2D eigenvalue weighted by Gasteiger charge is -2.15. The van der Waals surface area contributed by atoms with Crippen LogP contribution in [-0.2, 0) is 0 Å². The summed E-state index contributed by atoms with van der Waals surface area (Å²) in [5, 5.41) is 0. The van der Waals surface area contributed by atoms with Gasteiger partial charge in [0.1, 0.15) is 0 Å². The zero-order chi connectivity index (χ0) is 6.15. The molecule has 46 valence electrons. The second kappa shape index (κ2) is 2.02. The fourth-order valence-corrected chi connectivity index (χ4v) is 1.25. The Kier molecular flexibility index (Phi) is 1.52. The maximum absolute atomic E-state index is 5.04. The van der Waals surface area contributed by atoms with Crippen LogP contribution in [0, 0.1) is 0 Å². The monoisotopic (exact) mass is 129 g/mol. The maximum atomic E-state index is 5.04. The largest absolute Gasteiger partial charge is 0.367 e. The molecule has 1 saturated heterocycles. The number of hydrogen-bond donors (Lipinski definition) is 0. The van der Waals surface area contributed by atoms with Crippen LogP contribution in [0.4, 0.5) is 0 Å². The first kappa shape index (κ1) is 6.02. The molecule has 2 heteroatoms. The summed E-state index contributed by atoms with van der Waals surface area (Å²) in [5.74, 6) is 0. The van der Waals surface area contributed by atoms with Crippen LogP contribution < -0.4 is 0 Å². The molecule has 1 heterocycles. The molecule has 1 fully saturated rings. The number of thiocarbonyl (C=S) groups is 1. The molecule has 1 atom stereocenters. The van der Waals surface area contributed by atoms with E-state index in [1.54, 1.807) is 0 Å². The van der Waals surface area contributed by atoms with Crippen LogP contribution in [0.3, 0.4) is 0 Å². The van der Waals surface area contributed by atoms with Gasteiger partial charge in [-0.2, -0.15) is 0 Å². The highest BCUT2D eigenvalue weighted by Gasteiger charge is 2.19. The molecule has 1 aliphatic rings.